The largest absolute Gasteiger partial charge is 0.399 e. The summed E-state index contributed by atoms with van der Waals surface area (Å²) >= 11 is 0. The van der Waals surface area contributed by atoms with Gasteiger partial charge in [-0.3, -0.25) is 0 Å². The molecular weight excluding hydrogens is 353 g/mol. The Hall–Kier alpha value is -1.92. The summed E-state index contributed by atoms with van der Waals surface area (Å²) < 4.78 is 39.5. The molecule has 0 aliphatic rings. The van der Waals surface area contributed by atoms with E-state index in [9.17, 15) is 17.9 Å². The minimum Gasteiger partial charge on any atom is -0.399 e. The van der Waals surface area contributed by atoms with E-state index in [0.717, 1.165) is 24.5 Å². The van der Waals surface area contributed by atoms with Crippen molar-refractivity contribution < 1.29 is 17.9 Å². The van der Waals surface area contributed by atoms with Crippen molar-refractivity contribution in [3.05, 3.63) is 59.4 Å². The quantitative estimate of drug-likeness (QED) is 0.516. The van der Waals surface area contributed by atoms with Crippen LogP contribution in [0.5, 0.6) is 0 Å². The van der Waals surface area contributed by atoms with E-state index in [4.69, 9.17) is 5.73 Å². The van der Waals surface area contributed by atoms with Crippen molar-refractivity contribution in [2.75, 3.05) is 18.1 Å². The van der Waals surface area contributed by atoms with Gasteiger partial charge in [0.1, 0.15) is 5.82 Å². The molecule has 4 nitrogen and oxygen atoms in total. The normalized spacial score (nSPS) is 12.9. The lowest BCUT2D eigenvalue weighted by atomic mass is 10.0. The molecule has 26 heavy (non-hydrogen) atoms. The number of nitrogens with two attached hydrogens (primary N) is 1. The molecule has 2 aromatic rings. The number of benzene rings is 2. The Kier molecular flexibility index (Phi) is 7.17. The summed E-state index contributed by atoms with van der Waals surface area (Å²) in [6.45, 7) is 1.84. The van der Waals surface area contributed by atoms with Crippen LogP contribution in [0.3, 0.4) is 0 Å². The minimum atomic E-state index is -3.64. The second-order valence-electron chi connectivity index (χ2n) is 6.65. The molecule has 1 unspecified atom stereocenters. The van der Waals surface area contributed by atoms with Gasteiger partial charge in [0.25, 0.3) is 0 Å². The number of hydrogen-bond donors (Lipinski definition) is 2. The average Bonchev–Trinajstić information content (AvgIpc) is 2.58. The lowest BCUT2D eigenvalue weighted by molar-refractivity contribution is 0.229. The maximum absolute atomic E-state index is 13.8. The third-order valence-corrected chi connectivity index (χ3v) is 6.36. The molecule has 2 aromatic carbocycles. The second-order valence-corrected chi connectivity index (χ2v) is 8.65. The maximum atomic E-state index is 13.8. The number of nitrogen functional groups attached to an aromatic ring is 1. The highest BCUT2D eigenvalue weighted by Crippen LogP contribution is 2.25. The summed E-state index contributed by atoms with van der Waals surface area (Å²) in [6, 6.07) is 10.8. The van der Waals surface area contributed by atoms with Gasteiger partial charge in [0.05, 0.1) is 10.6 Å². The third-order valence-electron chi connectivity index (χ3n) is 4.38. The second kappa shape index (κ2) is 9.14. The van der Waals surface area contributed by atoms with Crippen LogP contribution in [0.2, 0.25) is 0 Å². The summed E-state index contributed by atoms with van der Waals surface area (Å²) in [5.74, 6) is -0.934. The molecule has 0 fully saturated rings. The number of rotatable bonds is 9. The van der Waals surface area contributed by atoms with Crippen LogP contribution in [0.1, 0.15) is 37.3 Å². The van der Waals surface area contributed by atoms with E-state index in [0.29, 0.717) is 17.7 Å². The number of unbranched alkanes of at least 4 members (excludes halogenated alkanes) is 1. The molecule has 0 radical (unpaired) electrons. The summed E-state index contributed by atoms with van der Waals surface area (Å²) in [5, 5.41) is 9.50. The van der Waals surface area contributed by atoms with Gasteiger partial charge in [0.2, 0.25) is 0 Å². The molecule has 0 aromatic heterocycles. The first-order chi connectivity index (χ1) is 12.4. The van der Waals surface area contributed by atoms with Crippen LogP contribution in [0, 0.1) is 11.7 Å². The summed E-state index contributed by atoms with van der Waals surface area (Å²) in [7, 11) is -3.64. The first-order valence-electron chi connectivity index (χ1n) is 8.82. The Morgan fingerprint density at radius 3 is 2.62 bits per heavy atom. The van der Waals surface area contributed by atoms with Crippen LogP contribution < -0.4 is 5.73 Å². The van der Waals surface area contributed by atoms with Crippen LogP contribution in [0.4, 0.5) is 10.1 Å². The third kappa shape index (κ3) is 5.54. The molecule has 0 saturated carbocycles. The van der Waals surface area contributed by atoms with Crippen molar-refractivity contribution in [2.45, 2.75) is 37.5 Å². The van der Waals surface area contributed by atoms with E-state index in [1.165, 1.54) is 12.1 Å². The van der Waals surface area contributed by atoms with E-state index in [1.54, 1.807) is 18.2 Å². The van der Waals surface area contributed by atoms with Gasteiger partial charge >= 0.3 is 0 Å². The van der Waals surface area contributed by atoms with Gasteiger partial charge in [-0.1, -0.05) is 31.9 Å². The van der Waals surface area contributed by atoms with Crippen molar-refractivity contribution in [3.63, 3.8) is 0 Å². The average molecular weight is 379 g/mol. The predicted octanol–water partition coefficient (Wildman–Crippen LogP) is 3.57. The van der Waals surface area contributed by atoms with Crippen LogP contribution in [0.15, 0.2) is 47.4 Å². The predicted molar refractivity (Wildman–Crippen MR) is 102 cm³/mol. The Labute approximate surface area is 154 Å². The van der Waals surface area contributed by atoms with Crippen LogP contribution in [0.25, 0.3) is 0 Å². The van der Waals surface area contributed by atoms with Gasteiger partial charge in [-0.25, -0.2) is 12.8 Å². The number of aliphatic hydroxyl groups excluding tert-OH is 1. The van der Waals surface area contributed by atoms with E-state index in [-0.39, 0.29) is 29.6 Å². The molecule has 0 heterocycles. The molecule has 0 bridgehead atoms. The molecule has 2 rings (SSSR count). The molecule has 1 atom stereocenters. The lowest BCUT2D eigenvalue weighted by Gasteiger charge is -2.16. The van der Waals surface area contributed by atoms with Gasteiger partial charge < -0.3 is 10.8 Å². The molecule has 0 aliphatic heterocycles. The van der Waals surface area contributed by atoms with E-state index < -0.39 is 15.7 Å². The van der Waals surface area contributed by atoms with Gasteiger partial charge in [0.15, 0.2) is 9.84 Å². The summed E-state index contributed by atoms with van der Waals surface area (Å²) in [6.07, 6.45) is 2.72. The number of halogens is 1. The summed E-state index contributed by atoms with van der Waals surface area (Å²) in [5.41, 5.74) is 7.57. The molecule has 0 aliphatic carbocycles. The van der Waals surface area contributed by atoms with Crippen LogP contribution in [-0.4, -0.2) is 25.9 Å². The van der Waals surface area contributed by atoms with Crippen LogP contribution in [-0.2, 0) is 16.3 Å². The van der Waals surface area contributed by atoms with Crippen molar-refractivity contribution in [3.8, 4) is 0 Å². The lowest BCUT2D eigenvalue weighted by Crippen LogP contribution is -2.21. The number of sulfone groups is 1. The van der Waals surface area contributed by atoms with Gasteiger partial charge in [0, 0.05) is 12.3 Å². The monoisotopic (exact) mass is 379 g/mol. The standard InChI is InChI=1S/C20H26FNO3S/c1-2-3-5-16(13-23)14-26(24,25)20-9-8-18(21)12-17(20)10-15-6-4-7-19(22)11-15/h4,6-9,11-12,16,23H,2-3,5,10,13-14,22H2,1H3. The fourth-order valence-electron chi connectivity index (χ4n) is 3.03. The SMILES string of the molecule is CCCCC(CO)CS(=O)(=O)c1ccc(F)cc1Cc1cccc(N)c1. The maximum Gasteiger partial charge on any atom is 0.179 e. The smallest absolute Gasteiger partial charge is 0.179 e. The molecule has 0 saturated heterocycles. The highest BCUT2D eigenvalue weighted by atomic mass is 32.2. The van der Waals surface area contributed by atoms with Crippen molar-refractivity contribution in [1.29, 1.82) is 0 Å². The zero-order chi connectivity index (χ0) is 19.2. The topological polar surface area (TPSA) is 80.4 Å². The number of hydrogen-bond acceptors (Lipinski definition) is 4. The highest BCUT2D eigenvalue weighted by Gasteiger charge is 2.24. The Morgan fingerprint density at radius 2 is 1.96 bits per heavy atom. The summed E-state index contributed by atoms with van der Waals surface area (Å²) in [4.78, 5) is 0.122. The zero-order valence-electron chi connectivity index (χ0n) is 15.0. The first-order valence-corrected chi connectivity index (χ1v) is 10.5. The van der Waals surface area contributed by atoms with Gasteiger partial charge in [-0.05, 0) is 60.2 Å². The Bertz CT molecular complexity index is 837. The van der Waals surface area contributed by atoms with Crippen LogP contribution >= 0.6 is 0 Å². The molecule has 3 N–H and O–H groups in total. The first kappa shape index (κ1) is 20.4. The number of anilines is 1. The highest BCUT2D eigenvalue weighted by molar-refractivity contribution is 7.91. The van der Waals surface area contributed by atoms with Crippen molar-refractivity contribution >= 4 is 15.5 Å². The Balaban J connectivity index is 2.32. The molecule has 0 spiro atoms. The van der Waals surface area contributed by atoms with Gasteiger partial charge in [-0.15, -0.1) is 0 Å². The minimum absolute atomic E-state index is 0.122. The Morgan fingerprint density at radius 1 is 1.19 bits per heavy atom. The van der Waals surface area contributed by atoms with Gasteiger partial charge in [-0.2, -0.15) is 0 Å². The molecule has 142 valence electrons. The number of aliphatic hydroxyl groups is 1. The van der Waals surface area contributed by atoms with E-state index in [1.807, 2.05) is 13.0 Å². The molecular formula is C20H26FNO3S. The fraction of sp³-hybridized carbons (Fsp3) is 0.400. The molecule has 0 amide bonds. The molecule has 6 heteroatoms. The fourth-order valence-corrected chi connectivity index (χ4v) is 4.91. The van der Waals surface area contributed by atoms with Crippen molar-refractivity contribution in [2.24, 2.45) is 5.92 Å². The zero-order valence-corrected chi connectivity index (χ0v) is 15.8. The van der Waals surface area contributed by atoms with Crippen molar-refractivity contribution in [1.82, 2.24) is 0 Å². The van der Waals surface area contributed by atoms with E-state index >= 15 is 0 Å². The van der Waals surface area contributed by atoms with E-state index in [2.05, 4.69) is 0 Å².